The lowest BCUT2D eigenvalue weighted by atomic mass is 10.1. The summed E-state index contributed by atoms with van der Waals surface area (Å²) in [6, 6.07) is 0.969. The molecule has 0 spiro atoms. The van der Waals surface area contributed by atoms with E-state index in [4.69, 9.17) is 4.74 Å². The first-order valence-corrected chi connectivity index (χ1v) is 5.77. The zero-order valence-corrected chi connectivity index (χ0v) is 11.1. The Bertz CT molecular complexity index is 716. The standard InChI is InChI=1S/C12H9N3O7/c1-22-8-4-6(15(20)21)2-5(9(8)16)3-7-10(17)13-12(19)14-11(7)18/h2-4,16H,1H3,(H2,13,14,17,18,19). The summed E-state index contributed by atoms with van der Waals surface area (Å²) in [5, 5.41) is 24.4. The Morgan fingerprint density at radius 1 is 1.23 bits per heavy atom. The molecule has 114 valence electrons. The maximum atomic E-state index is 11.6. The fourth-order valence-electron chi connectivity index (χ4n) is 1.75. The zero-order chi connectivity index (χ0) is 16.4. The Balaban J connectivity index is 2.56. The van der Waals surface area contributed by atoms with Crippen molar-refractivity contribution in [1.29, 1.82) is 0 Å². The van der Waals surface area contributed by atoms with Crippen LogP contribution in [0.4, 0.5) is 10.5 Å². The molecule has 4 amide bonds. The third-order valence-electron chi connectivity index (χ3n) is 2.76. The van der Waals surface area contributed by atoms with Gasteiger partial charge in [0.05, 0.1) is 18.1 Å². The molecule has 0 bridgehead atoms. The molecule has 1 aromatic carbocycles. The lowest BCUT2D eigenvalue weighted by molar-refractivity contribution is -0.385. The van der Waals surface area contributed by atoms with Gasteiger partial charge in [-0.25, -0.2) is 4.79 Å². The van der Waals surface area contributed by atoms with Crippen molar-refractivity contribution in [2.45, 2.75) is 0 Å². The number of aromatic hydroxyl groups is 1. The van der Waals surface area contributed by atoms with Gasteiger partial charge >= 0.3 is 6.03 Å². The number of rotatable bonds is 3. The number of amides is 4. The molecule has 10 nitrogen and oxygen atoms in total. The van der Waals surface area contributed by atoms with E-state index in [1.54, 1.807) is 0 Å². The molecule has 1 fully saturated rings. The molecule has 22 heavy (non-hydrogen) atoms. The first-order chi connectivity index (χ1) is 10.3. The molecule has 0 saturated carbocycles. The van der Waals surface area contributed by atoms with E-state index in [1.165, 1.54) is 7.11 Å². The molecule has 0 atom stereocenters. The van der Waals surface area contributed by atoms with Crippen LogP contribution in [0.5, 0.6) is 11.5 Å². The number of urea groups is 1. The van der Waals surface area contributed by atoms with Gasteiger partial charge in [-0.2, -0.15) is 0 Å². The molecule has 0 aliphatic carbocycles. The molecule has 3 N–H and O–H groups in total. The lowest BCUT2D eigenvalue weighted by Gasteiger charge is -2.14. The van der Waals surface area contributed by atoms with Crippen molar-refractivity contribution in [2.24, 2.45) is 0 Å². The van der Waals surface area contributed by atoms with Crippen LogP contribution in [0.25, 0.3) is 6.08 Å². The number of phenols is 1. The minimum Gasteiger partial charge on any atom is -0.504 e. The van der Waals surface area contributed by atoms with Crippen LogP contribution in [0.3, 0.4) is 0 Å². The summed E-state index contributed by atoms with van der Waals surface area (Å²) in [7, 11) is 1.19. The first kappa shape index (κ1) is 15.0. The Kier molecular flexibility index (Phi) is 3.75. The number of barbiturate groups is 1. The Labute approximate surface area is 122 Å². The van der Waals surface area contributed by atoms with Gasteiger partial charge in [0, 0.05) is 11.6 Å². The second kappa shape index (κ2) is 5.52. The Hall–Kier alpha value is -3.43. The third kappa shape index (κ3) is 2.70. The molecular weight excluding hydrogens is 298 g/mol. The van der Waals surface area contributed by atoms with Crippen LogP contribution in [0, 0.1) is 10.1 Å². The van der Waals surface area contributed by atoms with Gasteiger partial charge in [0.1, 0.15) is 5.57 Å². The summed E-state index contributed by atoms with van der Waals surface area (Å²) in [5.41, 5.74) is -1.08. The molecule has 0 aromatic heterocycles. The van der Waals surface area contributed by atoms with E-state index in [2.05, 4.69) is 0 Å². The molecule has 0 unspecified atom stereocenters. The van der Waals surface area contributed by atoms with Crippen LogP contribution in [0.1, 0.15) is 5.56 Å². The Morgan fingerprint density at radius 2 is 1.82 bits per heavy atom. The minimum absolute atomic E-state index is 0.180. The smallest absolute Gasteiger partial charge is 0.328 e. The van der Waals surface area contributed by atoms with E-state index >= 15 is 0 Å². The van der Waals surface area contributed by atoms with Gasteiger partial charge in [-0.1, -0.05) is 0 Å². The molecule has 1 saturated heterocycles. The predicted octanol–water partition coefficient (Wildman–Crippen LogP) is 0.0584. The van der Waals surface area contributed by atoms with Crippen LogP contribution in [0.15, 0.2) is 17.7 Å². The van der Waals surface area contributed by atoms with Crippen LogP contribution in [-0.4, -0.2) is 35.0 Å². The summed E-state index contributed by atoms with van der Waals surface area (Å²) in [6.45, 7) is 0. The number of imide groups is 2. The van der Waals surface area contributed by atoms with Gasteiger partial charge in [0.25, 0.3) is 17.5 Å². The van der Waals surface area contributed by atoms with Crippen molar-refractivity contribution < 1.29 is 29.2 Å². The fraction of sp³-hybridized carbons (Fsp3) is 0.0833. The van der Waals surface area contributed by atoms with Gasteiger partial charge in [0.15, 0.2) is 11.5 Å². The summed E-state index contributed by atoms with van der Waals surface area (Å²) in [4.78, 5) is 44.2. The second-order valence-corrected chi connectivity index (χ2v) is 4.14. The van der Waals surface area contributed by atoms with Crippen molar-refractivity contribution in [3.63, 3.8) is 0 Å². The molecule has 1 aliphatic rings. The summed E-state index contributed by atoms with van der Waals surface area (Å²) < 4.78 is 4.80. The van der Waals surface area contributed by atoms with Crippen molar-refractivity contribution in [2.75, 3.05) is 7.11 Å². The minimum atomic E-state index is -0.987. The van der Waals surface area contributed by atoms with Gasteiger partial charge < -0.3 is 9.84 Å². The number of carbonyl (C=O) groups is 3. The molecule has 2 rings (SSSR count). The molecule has 0 radical (unpaired) electrons. The number of nitro groups is 1. The highest BCUT2D eigenvalue weighted by Crippen LogP contribution is 2.35. The number of nitrogens with one attached hydrogen (secondary N) is 2. The number of ether oxygens (including phenoxy) is 1. The molecule has 1 heterocycles. The van der Waals surface area contributed by atoms with Crippen LogP contribution in [0.2, 0.25) is 0 Å². The highest BCUT2D eigenvalue weighted by atomic mass is 16.6. The zero-order valence-electron chi connectivity index (χ0n) is 11.1. The molecule has 1 aromatic rings. The highest BCUT2D eigenvalue weighted by Gasteiger charge is 2.28. The van der Waals surface area contributed by atoms with Gasteiger partial charge in [0.2, 0.25) is 0 Å². The molecular formula is C12H9N3O7. The van der Waals surface area contributed by atoms with Crippen molar-refractivity contribution in [3.8, 4) is 11.5 Å². The molecule has 1 aliphatic heterocycles. The number of benzene rings is 1. The number of nitrogens with zero attached hydrogens (tertiary/aromatic N) is 1. The quantitative estimate of drug-likeness (QED) is 0.309. The number of hydrogen-bond acceptors (Lipinski definition) is 7. The van der Waals surface area contributed by atoms with E-state index in [9.17, 15) is 29.6 Å². The third-order valence-corrected chi connectivity index (χ3v) is 2.76. The van der Waals surface area contributed by atoms with E-state index < -0.39 is 39.8 Å². The summed E-state index contributed by atoms with van der Waals surface area (Å²) >= 11 is 0. The van der Waals surface area contributed by atoms with E-state index in [-0.39, 0.29) is 11.3 Å². The highest BCUT2D eigenvalue weighted by molar-refractivity contribution is 6.31. The first-order valence-electron chi connectivity index (χ1n) is 5.77. The van der Waals surface area contributed by atoms with E-state index in [0.29, 0.717) is 0 Å². The average molecular weight is 307 g/mol. The van der Waals surface area contributed by atoms with Crippen LogP contribution in [-0.2, 0) is 9.59 Å². The topological polar surface area (TPSA) is 148 Å². The average Bonchev–Trinajstić information content (AvgIpc) is 2.43. The van der Waals surface area contributed by atoms with Gasteiger partial charge in [-0.05, 0) is 6.08 Å². The second-order valence-electron chi connectivity index (χ2n) is 4.14. The number of methoxy groups -OCH3 is 1. The number of carbonyl (C=O) groups excluding carboxylic acids is 3. The number of non-ortho nitro benzene ring substituents is 1. The van der Waals surface area contributed by atoms with Gasteiger partial charge in [-0.3, -0.25) is 30.3 Å². The monoisotopic (exact) mass is 307 g/mol. The van der Waals surface area contributed by atoms with Crippen molar-refractivity contribution in [1.82, 2.24) is 10.6 Å². The van der Waals surface area contributed by atoms with Crippen LogP contribution >= 0.6 is 0 Å². The van der Waals surface area contributed by atoms with Gasteiger partial charge in [-0.15, -0.1) is 0 Å². The van der Waals surface area contributed by atoms with Crippen molar-refractivity contribution >= 4 is 29.6 Å². The van der Waals surface area contributed by atoms with Crippen molar-refractivity contribution in [3.05, 3.63) is 33.4 Å². The largest absolute Gasteiger partial charge is 0.504 e. The molecule has 10 heteroatoms. The number of hydrogen-bond donors (Lipinski definition) is 3. The van der Waals surface area contributed by atoms with E-state index in [1.807, 2.05) is 10.6 Å². The lowest BCUT2D eigenvalue weighted by Crippen LogP contribution is -2.51. The normalized spacial score (nSPS) is 14.2. The fourth-order valence-corrected chi connectivity index (χ4v) is 1.75. The number of phenolic OH excluding ortho intramolecular Hbond substituents is 1. The van der Waals surface area contributed by atoms with Crippen LogP contribution < -0.4 is 15.4 Å². The SMILES string of the molecule is COc1cc([N+](=O)[O-])cc(C=C2C(=O)NC(=O)NC2=O)c1O. The maximum Gasteiger partial charge on any atom is 0.328 e. The maximum absolute atomic E-state index is 11.6. The Morgan fingerprint density at radius 3 is 2.32 bits per heavy atom. The predicted molar refractivity (Wildman–Crippen MR) is 71.0 cm³/mol. The number of nitro benzene ring substituents is 1. The van der Waals surface area contributed by atoms with E-state index in [0.717, 1.165) is 18.2 Å². The summed E-state index contributed by atoms with van der Waals surface area (Å²) in [6.07, 6.45) is 0.919. The summed E-state index contributed by atoms with van der Waals surface area (Å²) in [5.74, 6) is -2.66.